The summed E-state index contributed by atoms with van der Waals surface area (Å²) in [6.07, 6.45) is 3.63. The van der Waals surface area contributed by atoms with Gasteiger partial charge in [0.1, 0.15) is 40.2 Å². The number of hydrogen-bond acceptors (Lipinski definition) is 10. The molecule has 196 valence electrons. The van der Waals surface area contributed by atoms with Gasteiger partial charge in [-0.25, -0.2) is 15.0 Å². The van der Waals surface area contributed by atoms with Crippen molar-refractivity contribution < 1.29 is 9.84 Å². The molecule has 1 fully saturated rings. The molecule has 0 bridgehead atoms. The molecule has 0 amide bonds. The summed E-state index contributed by atoms with van der Waals surface area (Å²) in [5.74, 6) is 1.46. The summed E-state index contributed by atoms with van der Waals surface area (Å²) in [6, 6.07) is 15.6. The fourth-order valence-corrected chi connectivity index (χ4v) is 6.25. The van der Waals surface area contributed by atoms with E-state index in [1.165, 1.54) is 11.8 Å². The highest BCUT2D eigenvalue weighted by molar-refractivity contribution is 7.98. The van der Waals surface area contributed by atoms with Crippen molar-refractivity contribution in [3.8, 4) is 39.7 Å². The maximum Gasteiger partial charge on any atom is 0.213 e. The van der Waals surface area contributed by atoms with Crippen LogP contribution < -0.4 is 9.64 Å². The van der Waals surface area contributed by atoms with Gasteiger partial charge < -0.3 is 14.7 Å². The van der Waals surface area contributed by atoms with E-state index in [0.29, 0.717) is 49.8 Å². The summed E-state index contributed by atoms with van der Waals surface area (Å²) < 4.78 is 5.39. The molecule has 0 unspecified atom stereocenters. The van der Waals surface area contributed by atoms with Crippen molar-refractivity contribution in [3.05, 3.63) is 69.8 Å². The van der Waals surface area contributed by atoms with Gasteiger partial charge >= 0.3 is 0 Å². The maximum atomic E-state index is 10.3. The molecule has 1 aromatic carbocycles. The van der Waals surface area contributed by atoms with Gasteiger partial charge in [0.25, 0.3) is 0 Å². The van der Waals surface area contributed by atoms with Crippen molar-refractivity contribution in [3.63, 3.8) is 0 Å². The van der Waals surface area contributed by atoms with Gasteiger partial charge in [-0.05, 0) is 31.0 Å². The molecule has 39 heavy (non-hydrogen) atoms. The zero-order chi connectivity index (χ0) is 27.2. The van der Waals surface area contributed by atoms with Crippen LogP contribution in [0.2, 0.25) is 5.02 Å². The van der Waals surface area contributed by atoms with Gasteiger partial charge in [-0.2, -0.15) is 10.5 Å². The number of hydrogen-bond donors (Lipinski definition) is 1. The third-order valence-corrected chi connectivity index (χ3v) is 8.34. The Morgan fingerprint density at radius 2 is 1.77 bits per heavy atom. The van der Waals surface area contributed by atoms with E-state index in [1.54, 1.807) is 29.7 Å². The van der Waals surface area contributed by atoms with E-state index in [0.717, 1.165) is 42.2 Å². The highest BCUT2D eigenvalue weighted by Crippen LogP contribution is 2.39. The Balaban J connectivity index is 1.51. The minimum absolute atomic E-state index is 0.120. The molecule has 0 radical (unpaired) electrons. The molecule has 1 aliphatic heterocycles. The molecule has 0 saturated carbocycles. The number of nitriles is 2. The van der Waals surface area contributed by atoms with E-state index in [2.05, 4.69) is 22.0 Å². The molecule has 11 heteroatoms. The summed E-state index contributed by atoms with van der Waals surface area (Å²) in [5.41, 5.74) is 3.71. The number of anilines is 1. The molecule has 1 saturated heterocycles. The first-order chi connectivity index (χ1) is 19.1. The molecular weight excluding hydrogens is 552 g/mol. The van der Waals surface area contributed by atoms with Crippen LogP contribution >= 0.6 is 34.7 Å². The van der Waals surface area contributed by atoms with Gasteiger partial charge in [-0.15, -0.1) is 11.3 Å². The minimum Gasteiger partial charge on any atom is -0.475 e. The van der Waals surface area contributed by atoms with Gasteiger partial charge in [-0.1, -0.05) is 35.5 Å². The quantitative estimate of drug-likeness (QED) is 0.243. The molecule has 1 N–H and O–H groups in total. The van der Waals surface area contributed by atoms with E-state index >= 15 is 0 Å². The van der Waals surface area contributed by atoms with Crippen LogP contribution in [-0.4, -0.2) is 46.4 Å². The molecule has 5 rings (SSSR count). The minimum atomic E-state index is -0.120. The van der Waals surface area contributed by atoms with Crippen LogP contribution in [0.3, 0.4) is 0 Å². The Bertz CT molecular complexity index is 1540. The molecule has 0 spiro atoms. The highest BCUT2D eigenvalue weighted by Gasteiger charge is 2.26. The molecule has 8 nitrogen and oxygen atoms in total. The van der Waals surface area contributed by atoms with Crippen molar-refractivity contribution in [2.75, 3.05) is 31.2 Å². The summed E-state index contributed by atoms with van der Waals surface area (Å²) >= 11 is 9.00. The second kappa shape index (κ2) is 12.5. The first-order valence-corrected chi connectivity index (χ1v) is 14.5. The Kier molecular flexibility index (Phi) is 8.60. The second-order valence-electron chi connectivity index (χ2n) is 8.68. The fraction of sp³-hybridized carbons (Fsp3) is 0.250. The third-order valence-electron chi connectivity index (χ3n) is 6.14. The molecule has 4 aromatic rings. The number of aliphatic hydroxyl groups excluding tert-OH is 1. The number of aliphatic hydroxyl groups is 1. The zero-order valence-corrected chi connectivity index (χ0v) is 23.2. The van der Waals surface area contributed by atoms with Crippen molar-refractivity contribution in [2.24, 2.45) is 0 Å². The average Bonchev–Trinajstić information content (AvgIpc) is 3.68. The van der Waals surface area contributed by atoms with Gasteiger partial charge in [-0.3, -0.25) is 0 Å². The normalized spacial score (nSPS) is 12.8. The lowest BCUT2D eigenvalue weighted by Crippen LogP contribution is -2.21. The number of thiazole rings is 1. The number of nitrogens with zero attached hydrogens (tertiary/aromatic N) is 6. The Morgan fingerprint density at radius 3 is 2.44 bits per heavy atom. The molecule has 4 heterocycles. The lowest BCUT2D eigenvalue weighted by atomic mass is 9.98. The molecule has 0 aliphatic carbocycles. The predicted molar refractivity (Wildman–Crippen MR) is 153 cm³/mol. The van der Waals surface area contributed by atoms with E-state index < -0.39 is 0 Å². The van der Waals surface area contributed by atoms with Crippen LogP contribution in [0.25, 0.3) is 21.7 Å². The lowest BCUT2D eigenvalue weighted by Gasteiger charge is -2.22. The summed E-state index contributed by atoms with van der Waals surface area (Å²) in [6.45, 7) is 1.62. The number of aromatic nitrogens is 3. The van der Waals surface area contributed by atoms with Gasteiger partial charge in [0.05, 0.1) is 17.9 Å². The molecular formula is C28H23ClN6O2S2. The van der Waals surface area contributed by atoms with Gasteiger partial charge in [0, 0.05) is 58.2 Å². The standard InChI is InChI=1S/C28H23ClN6O2S2/c29-20-6-3-18(4-7-20)27-33-21(16-38-27)17-39-28-23(14-31)25(19-5-8-24(32-15-19)37-12-11-36)22(13-30)26(34-28)35-9-1-2-10-35/h3-8,15-16,36H,1-2,9-12,17H2. The largest absolute Gasteiger partial charge is 0.475 e. The number of ether oxygens (including phenoxy) is 1. The number of benzene rings is 1. The SMILES string of the molecule is N#Cc1c(SCc2csc(-c3ccc(Cl)cc3)n2)nc(N2CCCC2)c(C#N)c1-c1ccc(OCCO)nc1. The Hall–Kier alpha value is -3.67. The van der Waals surface area contributed by atoms with Crippen molar-refractivity contribution in [1.29, 1.82) is 10.5 Å². The van der Waals surface area contributed by atoms with Gasteiger partial charge in [0.2, 0.25) is 5.88 Å². The fourth-order valence-electron chi connectivity index (χ4n) is 4.32. The number of rotatable bonds is 9. The Morgan fingerprint density at radius 1 is 1.03 bits per heavy atom. The first kappa shape index (κ1) is 26.9. The highest BCUT2D eigenvalue weighted by atomic mass is 35.5. The van der Waals surface area contributed by atoms with Crippen LogP contribution in [0, 0.1) is 22.7 Å². The third kappa shape index (κ3) is 6.00. The van der Waals surface area contributed by atoms with E-state index in [4.69, 9.17) is 31.4 Å². The molecule has 3 aromatic heterocycles. The summed E-state index contributed by atoms with van der Waals surface area (Å²) in [5, 5.41) is 33.6. The smallest absolute Gasteiger partial charge is 0.213 e. The monoisotopic (exact) mass is 574 g/mol. The number of halogens is 1. The van der Waals surface area contributed by atoms with Crippen LogP contribution in [0.15, 0.2) is 53.0 Å². The Labute approximate surface area is 239 Å². The second-order valence-corrected chi connectivity index (χ2v) is 10.9. The van der Waals surface area contributed by atoms with E-state index in [1.807, 2.05) is 29.6 Å². The molecule has 1 aliphatic rings. The van der Waals surface area contributed by atoms with Crippen LogP contribution in [0.5, 0.6) is 5.88 Å². The van der Waals surface area contributed by atoms with E-state index in [9.17, 15) is 10.5 Å². The van der Waals surface area contributed by atoms with Crippen LogP contribution in [0.1, 0.15) is 29.7 Å². The van der Waals surface area contributed by atoms with Crippen molar-refractivity contribution in [2.45, 2.75) is 23.6 Å². The average molecular weight is 575 g/mol. The predicted octanol–water partition coefficient (Wildman–Crippen LogP) is 5.93. The first-order valence-electron chi connectivity index (χ1n) is 12.3. The van der Waals surface area contributed by atoms with Crippen molar-refractivity contribution >= 4 is 40.5 Å². The lowest BCUT2D eigenvalue weighted by molar-refractivity contribution is 0.196. The summed E-state index contributed by atoms with van der Waals surface area (Å²) in [7, 11) is 0. The van der Waals surface area contributed by atoms with Crippen LogP contribution in [0.4, 0.5) is 5.82 Å². The topological polar surface area (TPSA) is 119 Å². The maximum absolute atomic E-state index is 10.3. The zero-order valence-electron chi connectivity index (χ0n) is 20.8. The number of thioether (sulfide) groups is 1. The molecule has 0 atom stereocenters. The van der Waals surface area contributed by atoms with E-state index in [-0.39, 0.29) is 13.2 Å². The van der Waals surface area contributed by atoms with Gasteiger partial charge in [0.15, 0.2) is 0 Å². The number of pyridine rings is 2. The summed E-state index contributed by atoms with van der Waals surface area (Å²) in [4.78, 5) is 16.1. The van der Waals surface area contributed by atoms with Crippen molar-refractivity contribution in [1.82, 2.24) is 15.0 Å². The van der Waals surface area contributed by atoms with Crippen LogP contribution in [-0.2, 0) is 5.75 Å².